The van der Waals surface area contributed by atoms with Gasteiger partial charge in [0.2, 0.25) is 5.91 Å². The molecule has 0 fully saturated rings. The van der Waals surface area contributed by atoms with Gasteiger partial charge in [-0.25, -0.2) is 0 Å². The molecule has 0 saturated carbocycles. The first kappa shape index (κ1) is 13.6. The zero-order valence-electron chi connectivity index (χ0n) is 10.7. The normalized spacial score (nSPS) is 12.2. The third-order valence-electron chi connectivity index (χ3n) is 2.81. The number of hydrogen-bond acceptors (Lipinski definition) is 3. The number of hydrogen-bond donors (Lipinski definition) is 0. The van der Waals surface area contributed by atoms with Crippen molar-refractivity contribution >= 4 is 5.91 Å². The molecular formula is C13H20N2O2. The zero-order chi connectivity index (χ0) is 12.7. The van der Waals surface area contributed by atoms with Gasteiger partial charge in [-0.2, -0.15) is 0 Å². The van der Waals surface area contributed by atoms with Crippen molar-refractivity contribution in [3.63, 3.8) is 0 Å². The summed E-state index contributed by atoms with van der Waals surface area (Å²) in [6.45, 7) is 5.05. The summed E-state index contributed by atoms with van der Waals surface area (Å²) in [4.78, 5) is 17.7. The lowest BCUT2D eigenvalue weighted by atomic mass is 10.1. The fraction of sp³-hybridized carbons (Fsp3) is 0.538. The smallest absolute Gasteiger partial charge is 0.225 e. The Labute approximate surface area is 103 Å². The molecule has 0 aliphatic carbocycles. The average molecular weight is 236 g/mol. The van der Waals surface area contributed by atoms with Gasteiger partial charge in [-0.15, -0.1) is 0 Å². The lowest BCUT2D eigenvalue weighted by Gasteiger charge is -2.25. The highest BCUT2D eigenvalue weighted by molar-refractivity contribution is 5.76. The molecule has 0 N–H and O–H groups in total. The van der Waals surface area contributed by atoms with Crippen molar-refractivity contribution in [2.24, 2.45) is 0 Å². The van der Waals surface area contributed by atoms with Crippen molar-refractivity contribution in [3.8, 4) is 0 Å². The Morgan fingerprint density at radius 2 is 2.35 bits per heavy atom. The van der Waals surface area contributed by atoms with Gasteiger partial charge in [0, 0.05) is 26.0 Å². The topological polar surface area (TPSA) is 42.4 Å². The van der Waals surface area contributed by atoms with E-state index in [-0.39, 0.29) is 11.9 Å². The van der Waals surface area contributed by atoms with Crippen LogP contribution in [0.4, 0.5) is 0 Å². The first-order valence-electron chi connectivity index (χ1n) is 5.90. The Bertz CT molecular complexity index is 341. The van der Waals surface area contributed by atoms with Crippen molar-refractivity contribution in [1.29, 1.82) is 0 Å². The molecule has 1 rings (SSSR count). The molecule has 1 aromatic heterocycles. The summed E-state index contributed by atoms with van der Waals surface area (Å²) in [5.41, 5.74) is 1.04. The van der Waals surface area contributed by atoms with Crippen molar-refractivity contribution in [2.75, 3.05) is 20.3 Å². The standard InChI is InChI=1S/C13H20N2O2/c1-4-17-9-7-13(16)15(3)11(2)12-6-5-8-14-10-12/h5-6,8,10-11H,4,7,9H2,1-3H3. The summed E-state index contributed by atoms with van der Waals surface area (Å²) in [6, 6.07) is 3.90. The van der Waals surface area contributed by atoms with E-state index in [1.165, 1.54) is 0 Å². The van der Waals surface area contributed by atoms with E-state index in [0.29, 0.717) is 19.6 Å². The van der Waals surface area contributed by atoms with Gasteiger partial charge in [-0.05, 0) is 25.5 Å². The predicted molar refractivity (Wildman–Crippen MR) is 66.5 cm³/mol. The maximum atomic E-state index is 11.9. The monoisotopic (exact) mass is 236 g/mol. The van der Waals surface area contributed by atoms with Crippen LogP contribution in [0.5, 0.6) is 0 Å². The van der Waals surface area contributed by atoms with Crippen LogP contribution >= 0.6 is 0 Å². The van der Waals surface area contributed by atoms with E-state index in [0.717, 1.165) is 5.56 Å². The quantitative estimate of drug-likeness (QED) is 0.710. The molecule has 0 aliphatic rings. The van der Waals surface area contributed by atoms with E-state index in [1.807, 2.05) is 33.0 Å². The van der Waals surface area contributed by atoms with Gasteiger partial charge >= 0.3 is 0 Å². The van der Waals surface area contributed by atoms with Crippen LogP contribution < -0.4 is 0 Å². The summed E-state index contributed by atoms with van der Waals surface area (Å²) >= 11 is 0. The van der Waals surface area contributed by atoms with Crippen LogP contribution in [0.25, 0.3) is 0 Å². The van der Waals surface area contributed by atoms with Crippen LogP contribution in [0.15, 0.2) is 24.5 Å². The second kappa shape index (κ2) is 7.01. The minimum atomic E-state index is 0.0397. The second-order valence-electron chi connectivity index (χ2n) is 3.91. The molecule has 0 aromatic carbocycles. The van der Waals surface area contributed by atoms with E-state index in [9.17, 15) is 4.79 Å². The zero-order valence-corrected chi connectivity index (χ0v) is 10.7. The minimum absolute atomic E-state index is 0.0397. The van der Waals surface area contributed by atoms with Crippen LogP contribution in [0.3, 0.4) is 0 Å². The Morgan fingerprint density at radius 1 is 1.59 bits per heavy atom. The third-order valence-corrected chi connectivity index (χ3v) is 2.81. The molecule has 1 atom stereocenters. The molecule has 1 aromatic rings. The first-order valence-corrected chi connectivity index (χ1v) is 5.90. The van der Waals surface area contributed by atoms with Crippen molar-refractivity contribution in [1.82, 2.24) is 9.88 Å². The van der Waals surface area contributed by atoms with Crippen LogP contribution in [0, 0.1) is 0 Å². The van der Waals surface area contributed by atoms with Crippen LogP contribution in [-0.2, 0) is 9.53 Å². The molecule has 1 amide bonds. The van der Waals surface area contributed by atoms with E-state index in [1.54, 1.807) is 17.3 Å². The van der Waals surface area contributed by atoms with Gasteiger partial charge < -0.3 is 9.64 Å². The molecule has 0 bridgehead atoms. The number of amides is 1. The maximum Gasteiger partial charge on any atom is 0.225 e. The Kier molecular flexibility index (Phi) is 5.63. The highest BCUT2D eigenvalue weighted by Gasteiger charge is 2.16. The van der Waals surface area contributed by atoms with Gasteiger partial charge in [0.05, 0.1) is 19.1 Å². The number of carbonyl (C=O) groups excluding carboxylic acids is 1. The van der Waals surface area contributed by atoms with Gasteiger partial charge in [0.15, 0.2) is 0 Å². The molecule has 94 valence electrons. The molecule has 0 radical (unpaired) electrons. The molecule has 17 heavy (non-hydrogen) atoms. The highest BCUT2D eigenvalue weighted by Crippen LogP contribution is 2.17. The molecule has 0 aliphatic heterocycles. The number of pyridine rings is 1. The lowest BCUT2D eigenvalue weighted by molar-refractivity contribution is -0.132. The van der Waals surface area contributed by atoms with Gasteiger partial charge in [-0.1, -0.05) is 6.07 Å². The van der Waals surface area contributed by atoms with Gasteiger partial charge in [0.25, 0.3) is 0 Å². The molecule has 4 heteroatoms. The lowest BCUT2D eigenvalue weighted by Crippen LogP contribution is -2.30. The SMILES string of the molecule is CCOCCC(=O)N(C)C(C)c1cccnc1. The number of carbonyl (C=O) groups is 1. The Balaban J connectivity index is 2.51. The molecule has 0 saturated heterocycles. The van der Waals surface area contributed by atoms with Gasteiger partial charge in [-0.3, -0.25) is 9.78 Å². The molecule has 1 heterocycles. The molecule has 0 spiro atoms. The Morgan fingerprint density at radius 3 is 2.94 bits per heavy atom. The minimum Gasteiger partial charge on any atom is -0.381 e. The number of rotatable bonds is 6. The summed E-state index contributed by atoms with van der Waals surface area (Å²) in [5.74, 6) is 0.0924. The van der Waals surface area contributed by atoms with Gasteiger partial charge in [0.1, 0.15) is 0 Å². The average Bonchev–Trinajstić information content (AvgIpc) is 2.38. The van der Waals surface area contributed by atoms with E-state index < -0.39 is 0 Å². The van der Waals surface area contributed by atoms with E-state index in [2.05, 4.69) is 4.98 Å². The van der Waals surface area contributed by atoms with Crippen LogP contribution in [0.1, 0.15) is 31.9 Å². The van der Waals surface area contributed by atoms with Crippen LogP contribution in [0.2, 0.25) is 0 Å². The van der Waals surface area contributed by atoms with Crippen molar-refractivity contribution in [2.45, 2.75) is 26.3 Å². The maximum absolute atomic E-state index is 11.9. The summed E-state index contributed by atoms with van der Waals surface area (Å²) in [7, 11) is 1.81. The third kappa shape index (κ3) is 4.15. The summed E-state index contributed by atoms with van der Waals surface area (Å²) in [6.07, 6.45) is 3.94. The largest absolute Gasteiger partial charge is 0.381 e. The van der Waals surface area contributed by atoms with Crippen molar-refractivity contribution in [3.05, 3.63) is 30.1 Å². The fourth-order valence-corrected chi connectivity index (χ4v) is 1.54. The molecular weight excluding hydrogens is 216 g/mol. The predicted octanol–water partition coefficient (Wildman–Crippen LogP) is 2.03. The van der Waals surface area contributed by atoms with Crippen LogP contribution in [-0.4, -0.2) is 36.1 Å². The summed E-state index contributed by atoms with van der Waals surface area (Å²) < 4.78 is 5.18. The van der Waals surface area contributed by atoms with E-state index >= 15 is 0 Å². The molecule has 4 nitrogen and oxygen atoms in total. The highest BCUT2D eigenvalue weighted by atomic mass is 16.5. The number of ether oxygens (including phenoxy) is 1. The Hall–Kier alpha value is -1.42. The summed E-state index contributed by atoms with van der Waals surface area (Å²) in [5, 5.41) is 0. The van der Waals surface area contributed by atoms with Crippen molar-refractivity contribution < 1.29 is 9.53 Å². The van der Waals surface area contributed by atoms with E-state index in [4.69, 9.17) is 4.74 Å². The molecule has 1 unspecified atom stereocenters. The fourth-order valence-electron chi connectivity index (χ4n) is 1.54. The number of aromatic nitrogens is 1. The first-order chi connectivity index (χ1) is 8.16. The number of nitrogens with zero attached hydrogens (tertiary/aromatic N) is 2. The second-order valence-corrected chi connectivity index (χ2v) is 3.91.